The molecule has 0 spiro atoms. The minimum atomic E-state index is -0.607. The molecule has 3 rings (SSSR count). The predicted molar refractivity (Wildman–Crippen MR) is 126 cm³/mol. The summed E-state index contributed by atoms with van der Waals surface area (Å²) in [5.41, 5.74) is 0. The van der Waals surface area contributed by atoms with Crippen LogP contribution >= 0.6 is 0 Å². The normalized spacial score (nSPS) is 13.4. The Morgan fingerprint density at radius 1 is 0.562 bits per heavy atom. The Hall–Kier alpha value is -2.38. The number of ether oxygens (including phenoxy) is 2. The molecule has 0 saturated heterocycles. The summed E-state index contributed by atoms with van der Waals surface area (Å²) in [4.78, 5) is 0. The number of rotatable bonds is 14. The van der Waals surface area contributed by atoms with Crippen molar-refractivity contribution in [1.82, 2.24) is 0 Å². The summed E-state index contributed by atoms with van der Waals surface area (Å²) in [6, 6.07) is 15.6. The second-order valence-corrected chi connectivity index (χ2v) is 8.12. The first kappa shape index (κ1) is 24.3. The first-order chi connectivity index (χ1) is 15.7. The molecule has 0 aliphatic heterocycles. The van der Waals surface area contributed by atoms with Crippen LogP contribution in [0.4, 0.5) is 0 Å². The van der Waals surface area contributed by atoms with Gasteiger partial charge in [-0.15, -0.1) is 0 Å². The summed E-state index contributed by atoms with van der Waals surface area (Å²) in [6.07, 6.45) is 2.76. The van der Waals surface area contributed by atoms with E-state index in [9.17, 15) is 10.2 Å². The molecule has 0 amide bonds. The zero-order valence-corrected chi connectivity index (χ0v) is 18.4. The standard InChI is InChI=1S/C26H34O6/c27-15-7-5-9-19(29)17-31-25-21-11-1-2-12-22(21)26(24-14-4-3-13-23(24)25)32-18-20(30)10-6-8-16-28/h1-4,11-14,19-20,27-30H,5-10,15-18H2. The van der Waals surface area contributed by atoms with E-state index in [1.807, 2.05) is 48.5 Å². The molecule has 0 aromatic heterocycles. The van der Waals surface area contributed by atoms with Crippen LogP contribution in [0.3, 0.4) is 0 Å². The molecular formula is C26H34O6. The highest BCUT2D eigenvalue weighted by atomic mass is 16.5. The van der Waals surface area contributed by atoms with Crippen LogP contribution in [0.5, 0.6) is 11.5 Å². The van der Waals surface area contributed by atoms with Gasteiger partial charge in [-0.1, -0.05) is 48.5 Å². The van der Waals surface area contributed by atoms with Gasteiger partial charge in [-0.05, 0) is 38.5 Å². The largest absolute Gasteiger partial charge is 0.490 e. The average Bonchev–Trinajstić information content (AvgIpc) is 2.81. The summed E-state index contributed by atoms with van der Waals surface area (Å²) in [6.45, 7) is 0.591. The van der Waals surface area contributed by atoms with E-state index >= 15 is 0 Å². The summed E-state index contributed by atoms with van der Waals surface area (Å²) in [5, 5.41) is 42.0. The maximum atomic E-state index is 10.3. The lowest BCUT2D eigenvalue weighted by Gasteiger charge is -2.20. The van der Waals surface area contributed by atoms with E-state index in [1.165, 1.54) is 0 Å². The zero-order chi connectivity index (χ0) is 22.8. The van der Waals surface area contributed by atoms with E-state index in [0.717, 1.165) is 34.4 Å². The van der Waals surface area contributed by atoms with Gasteiger partial charge in [-0.2, -0.15) is 0 Å². The quantitative estimate of drug-likeness (QED) is 0.224. The van der Waals surface area contributed by atoms with Gasteiger partial charge in [-0.3, -0.25) is 0 Å². The number of benzene rings is 3. The van der Waals surface area contributed by atoms with Crippen LogP contribution < -0.4 is 9.47 Å². The molecule has 32 heavy (non-hydrogen) atoms. The summed E-state index contributed by atoms with van der Waals surface area (Å²) >= 11 is 0. The summed E-state index contributed by atoms with van der Waals surface area (Å²) in [5.74, 6) is 1.40. The Kier molecular flexibility index (Phi) is 9.56. The Bertz CT molecular complexity index is 838. The Morgan fingerprint density at radius 2 is 0.906 bits per heavy atom. The van der Waals surface area contributed by atoms with Gasteiger partial charge in [-0.25, -0.2) is 0 Å². The van der Waals surface area contributed by atoms with Crippen molar-refractivity contribution in [2.75, 3.05) is 26.4 Å². The second kappa shape index (κ2) is 12.6. The van der Waals surface area contributed by atoms with Crippen LogP contribution in [0.1, 0.15) is 38.5 Å². The van der Waals surface area contributed by atoms with E-state index < -0.39 is 12.2 Å². The number of aliphatic hydroxyl groups excluding tert-OH is 4. The maximum Gasteiger partial charge on any atom is 0.135 e. The fourth-order valence-corrected chi connectivity index (χ4v) is 3.87. The third-order valence-corrected chi connectivity index (χ3v) is 5.56. The van der Waals surface area contributed by atoms with Gasteiger partial charge in [0.1, 0.15) is 24.7 Å². The van der Waals surface area contributed by atoms with E-state index in [2.05, 4.69) is 0 Å². The molecule has 174 valence electrons. The van der Waals surface area contributed by atoms with Crippen molar-refractivity contribution in [1.29, 1.82) is 0 Å². The maximum absolute atomic E-state index is 10.3. The molecule has 4 N–H and O–H groups in total. The van der Waals surface area contributed by atoms with Gasteiger partial charge in [0.25, 0.3) is 0 Å². The number of aliphatic hydroxyl groups is 4. The molecule has 3 aromatic rings. The van der Waals surface area contributed by atoms with Gasteiger partial charge in [0, 0.05) is 34.8 Å². The van der Waals surface area contributed by atoms with Crippen molar-refractivity contribution in [3.05, 3.63) is 48.5 Å². The molecule has 2 atom stereocenters. The van der Waals surface area contributed by atoms with Crippen molar-refractivity contribution in [2.24, 2.45) is 0 Å². The molecular weight excluding hydrogens is 408 g/mol. The van der Waals surface area contributed by atoms with Crippen LogP contribution in [0, 0.1) is 0 Å². The van der Waals surface area contributed by atoms with Gasteiger partial charge in [0.2, 0.25) is 0 Å². The van der Waals surface area contributed by atoms with Crippen molar-refractivity contribution in [3.63, 3.8) is 0 Å². The van der Waals surface area contributed by atoms with Crippen LogP contribution in [-0.2, 0) is 0 Å². The molecule has 0 aliphatic rings. The Balaban J connectivity index is 1.87. The van der Waals surface area contributed by atoms with E-state index in [0.29, 0.717) is 37.2 Å². The minimum absolute atomic E-state index is 0.125. The zero-order valence-electron chi connectivity index (χ0n) is 18.4. The molecule has 2 unspecified atom stereocenters. The molecule has 0 aliphatic carbocycles. The lowest BCUT2D eigenvalue weighted by molar-refractivity contribution is 0.0963. The lowest BCUT2D eigenvalue weighted by Crippen LogP contribution is -2.18. The Morgan fingerprint density at radius 3 is 1.22 bits per heavy atom. The molecule has 6 heteroatoms. The van der Waals surface area contributed by atoms with Crippen LogP contribution in [-0.4, -0.2) is 59.1 Å². The van der Waals surface area contributed by atoms with Gasteiger partial charge >= 0.3 is 0 Å². The first-order valence-electron chi connectivity index (χ1n) is 11.4. The van der Waals surface area contributed by atoms with Crippen molar-refractivity contribution in [3.8, 4) is 11.5 Å². The van der Waals surface area contributed by atoms with E-state index in [1.54, 1.807) is 0 Å². The van der Waals surface area contributed by atoms with Crippen molar-refractivity contribution >= 4 is 21.5 Å². The van der Waals surface area contributed by atoms with E-state index in [4.69, 9.17) is 19.7 Å². The van der Waals surface area contributed by atoms with E-state index in [-0.39, 0.29) is 26.4 Å². The third kappa shape index (κ3) is 6.33. The number of fused-ring (bicyclic) bond motifs is 2. The van der Waals surface area contributed by atoms with Gasteiger partial charge in [0.05, 0.1) is 12.2 Å². The molecule has 0 heterocycles. The summed E-state index contributed by atoms with van der Waals surface area (Å²) in [7, 11) is 0. The van der Waals surface area contributed by atoms with Crippen molar-refractivity contribution in [2.45, 2.75) is 50.7 Å². The highest BCUT2D eigenvalue weighted by Gasteiger charge is 2.18. The van der Waals surface area contributed by atoms with Crippen LogP contribution in [0.15, 0.2) is 48.5 Å². The molecule has 0 fully saturated rings. The second-order valence-electron chi connectivity index (χ2n) is 8.12. The Labute approximate surface area is 189 Å². The van der Waals surface area contributed by atoms with Crippen molar-refractivity contribution < 1.29 is 29.9 Å². The topological polar surface area (TPSA) is 99.4 Å². The van der Waals surface area contributed by atoms with Gasteiger partial charge < -0.3 is 29.9 Å². The number of unbranched alkanes of at least 4 members (excludes halogenated alkanes) is 2. The number of hydrogen-bond acceptors (Lipinski definition) is 6. The van der Waals surface area contributed by atoms with Crippen LogP contribution in [0.25, 0.3) is 21.5 Å². The highest BCUT2D eigenvalue weighted by molar-refractivity contribution is 6.11. The summed E-state index contributed by atoms with van der Waals surface area (Å²) < 4.78 is 12.3. The van der Waals surface area contributed by atoms with Gasteiger partial charge in [0.15, 0.2) is 0 Å². The predicted octanol–water partition coefficient (Wildman–Crippen LogP) is 3.80. The molecule has 0 radical (unpaired) electrons. The smallest absolute Gasteiger partial charge is 0.135 e. The molecule has 6 nitrogen and oxygen atoms in total. The molecule has 0 bridgehead atoms. The molecule has 3 aromatic carbocycles. The number of hydrogen-bond donors (Lipinski definition) is 4. The monoisotopic (exact) mass is 442 g/mol. The van der Waals surface area contributed by atoms with Crippen LogP contribution in [0.2, 0.25) is 0 Å². The lowest BCUT2D eigenvalue weighted by atomic mass is 10.0. The fraction of sp³-hybridized carbons (Fsp3) is 0.462. The minimum Gasteiger partial charge on any atom is -0.490 e. The fourth-order valence-electron chi connectivity index (χ4n) is 3.87. The highest BCUT2D eigenvalue weighted by Crippen LogP contribution is 2.42. The first-order valence-corrected chi connectivity index (χ1v) is 11.4. The molecule has 0 saturated carbocycles. The third-order valence-electron chi connectivity index (χ3n) is 5.56. The SMILES string of the molecule is OCCCCC(O)COc1c2ccccc2c(OCC(O)CCCCO)c2ccccc12. The average molecular weight is 443 g/mol.